The summed E-state index contributed by atoms with van der Waals surface area (Å²) in [5, 5.41) is 0. The van der Waals surface area contributed by atoms with Crippen LogP contribution in [0.4, 0.5) is 8.78 Å². The van der Waals surface area contributed by atoms with Gasteiger partial charge in [-0.25, -0.2) is 8.78 Å². The fourth-order valence-corrected chi connectivity index (χ4v) is 6.66. The lowest BCUT2D eigenvalue weighted by Gasteiger charge is -2.37. The average Bonchev–Trinajstić information content (AvgIpc) is 2.80. The molecule has 0 N–H and O–H groups in total. The Morgan fingerprint density at radius 3 is 1.63 bits per heavy atom. The molecule has 3 aliphatic rings. The quantitative estimate of drug-likeness (QED) is 0.451. The van der Waals surface area contributed by atoms with Crippen molar-refractivity contribution < 1.29 is 8.78 Å². The minimum absolute atomic E-state index is 0.0566. The SMILES string of the molecule is CC1CCC(C2CCC(c3ccc(C4CCC(/C(F)=C/CF)CC4)cc3)CC2)CC1. The predicted octanol–water partition coefficient (Wildman–Crippen LogP) is 8.88. The molecule has 2 heteroatoms. The lowest BCUT2D eigenvalue weighted by Crippen LogP contribution is -2.24. The lowest BCUT2D eigenvalue weighted by molar-refractivity contribution is 0.165. The Kier molecular flexibility index (Phi) is 7.65. The molecule has 3 fully saturated rings. The summed E-state index contributed by atoms with van der Waals surface area (Å²) >= 11 is 0. The molecule has 30 heavy (non-hydrogen) atoms. The number of rotatable bonds is 5. The second-order valence-electron chi connectivity index (χ2n) is 10.6. The van der Waals surface area contributed by atoms with Gasteiger partial charge in [0.25, 0.3) is 0 Å². The Labute approximate surface area is 182 Å². The molecule has 0 saturated heterocycles. The molecule has 0 heterocycles. The van der Waals surface area contributed by atoms with E-state index in [1.165, 1.54) is 62.5 Å². The van der Waals surface area contributed by atoms with Gasteiger partial charge in [0.05, 0.1) is 0 Å². The van der Waals surface area contributed by atoms with Gasteiger partial charge in [-0.1, -0.05) is 44.0 Å². The van der Waals surface area contributed by atoms with Gasteiger partial charge >= 0.3 is 0 Å². The van der Waals surface area contributed by atoms with E-state index in [4.69, 9.17) is 0 Å². The Morgan fingerprint density at radius 2 is 1.17 bits per heavy atom. The maximum Gasteiger partial charge on any atom is 0.110 e. The molecule has 1 aromatic carbocycles. The Morgan fingerprint density at radius 1 is 0.733 bits per heavy atom. The van der Waals surface area contributed by atoms with E-state index in [2.05, 4.69) is 31.2 Å². The van der Waals surface area contributed by atoms with E-state index in [0.29, 0.717) is 5.92 Å². The fourth-order valence-electron chi connectivity index (χ4n) is 6.66. The van der Waals surface area contributed by atoms with Crippen molar-refractivity contribution in [2.24, 2.45) is 23.7 Å². The summed E-state index contributed by atoms with van der Waals surface area (Å²) in [5.74, 6) is 3.94. The third-order valence-corrected chi connectivity index (χ3v) is 8.77. The van der Waals surface area contributed by atoms with E-state index in [1.54, 1.807) is 0 Å². The summed E-state index contributed by atoms with van der Waals surface area (Å²) in [6.45, 7) is 1.74. The van der Waals surface area contributed by atoms with Crippen LogP contribution in [0.1, 0.15) is 107 Å². The summed E-state index contributed by atoms with van der Waals surface area (Å²) < 4.78 is 26.2. The highest BCUT2D eigenvalue weighted by atomic mass is 19.1. The van der Waals surface area contributed by atoms with Gasteiger partial charge in [0, 0.05) is 5.92 Å². The van der Waals surface area contributed by atoms with Crippen molar-refractivity contribution in [3.05, 3.63) is 47.3 Å². The lowest BCUT2D eigenvalue weighted by atomic mass is 9.68. The number of benzene rings is 1. The molecule has 0 nitrogen and oxygen atoms in total. The van der Waals surface area contributed by atoms with E-state index < -0.39 is 6.67 Å². The van der Waals surface area contributed by atoms with Gasteiger partial charge in [-0.2, -0.15) is 0 Å². The van der Waals surface area contributed by atoms with Crippen LogP contribution in [0.5, 0.6) is 0 Å². The van der Waals surface area contributed by atoms with Gasteiger partial charge in [0.1, 0.15) is 12.5 Å². The maximum atomic E-state index is 13.9. The second kappa shape index (κ2) is 10.4. The van der Waals surface area contributed by atoms with Crippen LogP contribution in [0.25, 0.3) is 0 Å². The van der Waals surface area contributed by atoms with Gasteiger partial charge in [-0.3, -0.25) is 0 Å². The van der Waals surface area contributed by atoms with Gasteiger partial charge in [-0.15, -0.1) is 0 Å². The molecule has 0 spiro atoms. The third-order valence-electron chi connectivity index (χ3n) is 8.77. The fraction of sp³-hybridized carbons (Fsp3) is 0.714. The zero-order valence-corrected chi connectivity index (χ0v) is 18.8. The van der Waals surface area contributed by atoms with Crippen LogP contribution < -0.4 is 0 Å². The summed E-state index contributed by atoms with van der Waals surface area (Å²) in [4.78, 5) is 0. The molecule has 0 aromatic heterocycles. The first-order valence-corrected chi connectivity index (χ1v) is 12.7. The third kappa shape index (κ3) is 5.35. The molecule has 3 saturated carbocycles. The molecule has 1 aromatic rings. The summed E-state index contributed by atoms with van der Waals surface area (Å²) in [5.41, 5.74) is 2.94. The van der Waals surface area contributed by atoms with E-state index in [0.717, 1.165) is 55.4 Å². The minimum atomic E-state index is -0.686. The number of halogens is 2. The first-order chi connectivity index (χ1) is 14.6. The first-order valence-electron chi connectivity index (χ1n) is 12.7. The normalized spacial score (nSPS) is 35.9. The van der Waals surface area contributed by atoms with E-state index in [-0.39, 0.29) is 11.7 Å². The summed E-state index contributed by atoms with van der Waals surface area (Å²) in [6, 6.07) is 9.42. The molecule has 4 rings (SSSR count). The molecule has 0 bridgehead atoms. The van der Waals surface area contributed by atoms with E-state index in [1.807, 2.05) is 0 Å². The zero-order chi connectivity index (χ0) is 20.9. The van der Waals surface area contributed by atoms with Crippen molar-refractivity contribution in [2.75, 3.05) is 6.67 Å². The maximum absolute atomic E-state index is 13.9. The summed E-state index contributed by atoms with van der Waals surface area (Å²) in [7, 11) is 0. The molecular weight excluding hydrogens is 374 g/mol. The van der Waals surface area contributed by atoms with Crippen molar-refractivity contribution in [1.29, 1.82) is 0 Å². The monoisotopic (exact) mass is 414 g/mol. The Bertz CT molecular complexity index is 667. The number of alkyl halides is 1. The van der Waals surface area contributed by atoms with Crippen molar-refractivity contribution >= 4 is 0 Å². The Hall–Kier alpha value is -1.18. The minimum Gasteiger partial charge on any atom is -0.246 e. The average molecular weight is 415 g/mol. The molecule has 3 aliphatic carbocycles. The second-order valence-corrected chi connectivity index (χ2v) is 10.6. The van der Waals surface area contributed by atoms with E-state index in [9.17, 15) is 8.78 Å². The van der Waals surface area contributed by atoms with Crippen molar-refractivity contribution in [1.82, 2.24) is 0 Å². The van der Waals surface area contributed by atoms with Gasteiger partial charge < -0.3 is 0 Å². The zero-order valence-electron chi connectivity index (χ0n) is 18.8. The standard InChI is InChI=1S/C28H40F2/c1-20-2-4-21(5-3-20)22-6-8-23(9-7-22)24-10-12-25(13-11-24)26-14-16-27(17-15-26)28(30)18-19-29/h10-13,18,20-23,26-27H,2-9,14-17,19H2,1H3/b28-18-. The molecule has 0 atom stereocenters. The molecule has 166 valence electrons. The van der Waals surface area contributed by atoms with Crippen LogP contribution in [0, 0.1) is 23.7 Å². The first kappa shape index (κ1) is 22.0. The van der Waals surface area contributed by atoms with Gasteiger partial charge in [-0.05, 0) is 111 Å². The van der Waals surface area contributed by atoms with E-state index >= 15 is 0 Å². The molecule has 0 radical (unpaired) electrons. The van der Waals surface area contributed by atoms with Crippen LogP contribution in [0.15, 0.2) is 36.2 Å². The number of allylic oxidation sites excluding steroid dienone is 2. The molecular formula is C28H40F2. The smallest absolute Gasteiger partial charge is 0.110 e. The number of hydrogen-bond acceptors (Lipinski definition) is 0. The van der Waals surface area contributed by atoms with Crippen LogP contribution in [-0.4, -0.2) is 6.67 Å². The molecule has 0 amide bonds. The van der Waals surface area contributed by atoms with Crippen molar-refractivity contribution in [2.45, 2.75) is 95.8 Å². The topological polar surface area (TPSA) is 0 Å². The van der Waals surface area contributed by atoms with Crippen molar-refractivity contribution in [3.8, 4) is 0 Å². The van der Waals surface area contributed by atoms with Crippen LogP contribution in [0.2, 0.25) is 0 Å². The van der Waals surface area contributed by atoms with Gasteiger partial charge in [0.15, 0.2) is 0 Å². The Balaban J connectivity index is 1.26. The molecule has 0 unspecified atom stereocenters. The molecule has 0 aliphatic heterocycles. The van der Waals surface area contributed by atoms with Crippen LogP contribution in [0.3, 0.4) is 0 Å². The highest BCUT2D eigenvalue weighted by molar-refractivity contribution is 5.28. The summed E-state index contributed by atoms with van der Waals surface area (Å²) in [6.07, 6.45) is 16.3. The highest BCUT2D eigenvalue weighted by Crippen LogP contribution is 2.44. The van der Waals surface area contributed by atoms with Crippen LogP contribution >= 0.6 is 0 Å². The van der Waals surface area contributed by atoms with Gasteiger partial charge in [0.2, 0.25) is 0 Å². The van der Waals surface area contributed by atoms with Crippen LogP contribution in [-0.2, 0) is 0 Å². The largest absolute Gasteiger partial charge is 0.246 e. The predicted molar refractivity (Wildman–Crippen MR) is 122 cm³/mol. The van der Waals surface area contributed by atoms with Crippen molar-refractivity contribution in [3.63, 3.8) is 0 Å². The number of hydrogen-bond donors (Lipinski definition) is 0. The highest BCUT2D eigenvalue weighted by Gasteiger charge is 2.30.